The van der Waals surface area contributed by atoms with Gasteiger partial charge in [0.15, 0.2) is 0 Å². The second kappa shape index (κ2) is 10.3. The van der Waals surface area contributed by atoms with Crippen molar-refractivity contribution in [2.24, 2.45) is 0 Å². The summed E-state index contributed by atoms with van der Waals surface area (Å²) in [4.78, 5) is 70.0. The quantitative estimate of drug-likeness (QED) is 0.187. The molecule has 1 fully saturated rings. The fourth-order valence-corrected chi connectivity index (χ4v) is 3.67. The number of non-ortho nitro benzene ring substituents is 2. The van der Waals surface area contributed by atoms with Gasteiger partial charge in [-0.3, -0.25) is 45.2 Å². The van der Waals surface area contributed by atoms with Crippen LogP contribution in [-0.2, 0) is 9.59 Å². The third-order valence-electron chi connectivity index (χ3n) is 5.24. The highest BCUT2D eigenvalue weighted by Gasteiger charge is 2.37. The van der Waals surface area contributed by atoms with Gasteiger partial charge in [-0.15, -0.1) is 0 Å². The lowest BCUT2D eigenvalue weighted by Crippen LogP contribution is -2.54. The first-order valence-electron chi connectivity index (χ1n) is 10.5. The molecular weight excluding hydrogens is 542 g/mol. The Balaban J connectivity index is 1.77. The van der Waals surface area contributed by atoms with E-state index < -0.39 is 55.3 Å². The minimum Gasteiger partial charge on any atom is -0.449 e. The van der Waals surface area contributed by atoms with E-state index in [0.29, 0.717) is 11.0 Å². The molecule has 0 spiro atoms. The summed E-state index contributed by atoms with van der Waals surface area (Å²) < 4.78 is 5.61. The van der Waals surface area contributed by atoms with Crippen LogP contribution in [0.3, 0.4) is 0 Å². The number of rotatable bonds is 7. The van der Waals surface area contributed by atoms with Gasteiger partial charge in [-0.2, -0.15) is 0 Å². The Morgan fingerprint density at radius 2 is 1.49 bits per heavy atom. The highest BCUT2D eigenvalue weighted by molar-refractivity contribution is 6.39. The van der Waals surface area contributed by atoms with Crippen molar-refractivity contribution < 1.29 is 33.9 Å². The second-order valence-corrected chi connectivity index (χ2v) is 8.12. The van der Waals surface area contributed by atoms with E-state index in [4.69, 9.17) is 16.3 Å². The molecule has 1 N–H and O–H groups in total. The standard InChI is InChI=1S/C23H12ClN5O10/c24-13-4-6-19(39-20-7-5-16(28(35)36)11-18(20)29(37)38)12(8-13)9-17-21(30)25-23(32)26(22(17)31)14-2-1-3-15(10-14)27(33)34/h1-11H,(H,25,30,32)/b17-9+. The van der Waals surface area contributed by atoms with Crippen LogP contribution in [0.5, 0.6) is 11.5 Å². The Morgan fingerprint density at radius 3 is 2.15 bits per heavy atom. The Kier molecular flexibility index (Phi) is 7.00. The number of hydrogen-bond donors (Lipinski definition) is 1. The van der Waals surface area contributed by atoms with Gasteiger partial charge in [-0.25, -0.2) is 9.69 Å². The first-order chi connectivity index (χ1) is 18.5. The normalized spacial score (nSPS) is 14.2. The number of imide groups is 2. The Bertz CT molecular complexity index is 1640. The zero-order chi connectivity index (χ0) is 28.4. The van der Waals surface area contributed by atoms with E-state index in [1.165, 1.54) is 30.3 Å². The number of nitro benzene ring substituents is 3. The number of carbonyl (C=O) groups excluding carboxylic acids is 3. The van der Waals surface area contributed by atoms with Crippen LogP contribution in [-0.4, -0.2) is 32.6 Å². The molecule has 196 valence electrons. The van der Waals surface area contributed by atoms with E-state index in [2.05, 4.69) is 0 Å². The van der Waals surface area contributed by atoms with Crippen LogP contribution in [0.25, 0.3) is 6.08 Å². The summed E-state index contributed by atoms with van der Waals surface area (Å²) in [7, 11) is 0. The fraction of sp³-hybridized carbons (Fsp3) is 0. The van der Waals surface area contributed by atoms with Crippen molar-refractivity contribution in [1.29, 1.82) is 0 Å². The third kappa shape index (κ3) is 5.37. The zero-order valence-electron chi connectivity index (χ0n) is 19.1. The Hall–Kier alpha value is -5.70. The first-order valence-corrected chi connectivity index (χ1v) is 10.9. The molecule has 0 unspecified atom stereocenters. The molecule has 0 bridgehead atoms. The number of ether oxygens (including phenoxy) is 1. The number of hydrogen-bond acceptors (Lipinski definition) is 10. The highest BCUT2D eigenvalue weighted by atomic mass is 35.5. The van der Waals surface area contributed by atoms with Crippen molar-refractivity contribution in [2.75, 3.05) is 4.90 Å². The molecule has 3 aromatic rings. The van der Waals surface area contributed by atoms with E-state index in [0.717, 1.165) is 30.3 Å². The summed E-state index contributed by atoms with van der Waals surface area (Å²) in [5.41, 5.74) is -2.50. The third-order valence-corrected chi connectivity index (χ3v) is 5.48. The number of nitro groups is 3. The molecule has 4 amide bonds. The zero-order valence-corrected chi connectivity index (χ0v) is 19.9. The summed E-state index contributed by atoms with van der Waals surface area (Å²) in [6.07, 6.45) is 1.01. The lowest BCUT2D eigenvalue weighted by molar-refractivity contribution is -0.394. The second-order valence-electron chi connectivity index (χ2n) is 7.69. The van der Waals surface area contributed by atoms with Crippen molar-refractivity contribution in [1.82, 2.24) is 5.32 Å². The molecule has 1 saturated heterocycles. The molecule has 0 radical (unpaired) electrons. The number of barbiturate groups is 1. The molecule has 0 saturated carbocycles. The predicted molar refractivity (Wildman–Crippen MR) is 133 cm³/mol. The summed E-state index contributed by atoms with van der Waals surface area (Å²) in [5, 5.41) is 35.7. The van der Waals surface area contributed by atoms with Crippen LogP contribution in [0, 0.1) is 30.3 Å². The van der Waals surface area contributed by atoms with Crippen molar-refractivity contribution >= 4 is 58.3 Å². The predicted octanol–water partition coefficient (Wildman–Crippen LogP) is 4.52. The smallest absolute Gasteiger partial charge is 0.335 e. The molecule has 0 aromatic heterocycles. The van der Waals surface area contributed by atoms with Crippen molar-refractivity contribution in [3.8, 4) is 11.5 Å². The van der Waals surface area contributed by atoms with Gasteiger partial charge >= 0.3 is 11.7 Å². The van der Waals surface area contributed by atoms with Crippen LogP contribution < -0.4 is 15.0 Å². The van der Waals surface area contributed by atoms with E-state index >= 15 is 0 Å². The molecule has 0 aliphatic carbocycles. The molecular formula is C23H12ClN5O10. The lowest BCUT2D eigenvalue weighted by atomic mass is 10.1. The summed E-state index contributed by atoms with van der Waals surface area (Å²) in [5.74, 6) is -2.75. The van der Waals surface area contributed by atoms with Crippen molar-refractivity contribution in [3.05, 3.63) is 107 Å². The monoisotopic (exact) mass is 553 g/mol. The van der Waals surface area contributed by atoms with Crippen LogP contribution in [0.4, 0.5) is 27.5 Å². The van der Waals surface area contributed by atoms with E-state index in [1.54, 1.807) is 0 Å². The number of benzene rings is 3. The average molecular weight is 554 g/mol. The lowest BCUT2D eigenvalue weighted by Gasteiger charge is -2.26. The number of nitrogens with one attached hydrogen (secondary N) is 1. The number of urea groups is 1. The minimum absolute atomic E-state index is 0.0259. The minimum atomic E-state index is -1.15. The fourth-order valence-electron chi connectivity index (χ4n) is 3.48. The van der Waals surface area contributed by atoms with E-state index in [9.17, 15) is 44.7 Å². The molecule has 16 heteroatoms. The first kappa shape index (κ1) is 26.4. The number of halogens is 1. The van der Waals surface area contributed by atoms with Gasteiger partial charge in [-0.1, -0.05) is 17.7 Å². The molecule has 1 aliphatic heterocycles. The van der Waals surface area contributed by atoms with Crippen molar-refractivity contribution in [3.63, 3.8) is 0 Å². The molecule has 4 rings (SSSR count). The van der Waals surface area contributed by atoms with Gasteiger partial charge in [0.25, 0.3) is 23.2 Å². The van der Waals surface area contributed by atoms with E-state index in [-0.39, 0.29) is 27.8 Å². The van der Waals surface area contributed by atoms with Crippen LogP contribution in [0.2, 0.25) is 5.02 Å². The van der Waals surface area contributed by atoms with Gasteiger partial charge in [0.05, 0.1) is 26.5 Å². The largest absolute Gasteiger partial charge is 0.449 e. The van der Waals surface area contributed by atoms with Gasteiger partial charge in [0, 0.05) is 28.8 Å². The van der Waals surface area contributed by atoms with Gasteiger partial charge in [-0.05, 0) is 36.4 Å². The van der Waals surface area contributed by atoms with Gasteiger partial charge < -0.3 is 4.74 Å². The molecule has 39 heavy (non-hydrogen) atoms. The number of anilines is 1. The number of nitrogens with zero attached hydrogens (tertiary/aromatic N) is 4. The van der Waals surface area contributed by atoms with Gasteiger partial charge in [0.2, 0.25) is 5.75 Å². The van der Waals surface area contributed by atoms with Gasteiger partial charge in [0.1, 0.15) is 11.3 Å². The molecule has 0 atom stereocenters. The topological polar surface area (TPSA) is 205 Å². The summed E-state index contributed by atoms with van der Waals surface area (Å²) in [6.45, 7) is 0. The summed E-state index contributed by atoms with van der Waals surface area (Å²) in [6, 6.07) is 10.0. The van der Waals surface area contributed by atoms with Crippen molar-refractivity contribution in [2.45, 2.75) is 0 Å². The maximum absolute atomic E-state index is 13.2. The average Bonchev–Trinajstić information content (AvgIpc) is 2.88. The summed E-state index contributed by atoms with van der Waals surface area (Å²) >= 11 is 6.06. The Morgan fingerprint density at radius 1 is 0.821 bits per heavy atom. The maximum atomic E-state index is 13.2. The SMILES string of the molecule is O=C1NC(=O)N(c2cccc([N+](=O)[O-])c2)C(=O)/C1=C/c1cc(Cl)ccc1Oc1ccc([N+](=O)[O-])cc1[N+](=O)[O-]. The Labute approximate surface area is 221 Å². The van der Waals surface area contributed by atoms with E-state index in [1.807, 2.05) is 5.32 Å². The molecule has 3 aromatic carbocycles. The molecule has 1 heterocycles. The maximum Gasteiger partial charge on any atom is 0.335 e. The number of carbonyl (C=O) groups is 3. The highest BCUT2D eigenvalue weighted by Crippen LogP contribution is 2.37. The van der Waals surface area contributed by atoms with Crippen LogP contribution in [0.1, 0.15) is 5.56 Å². The molecule has 15 nitrogen and oxygen atoms in total. The number of amides is 4. The van der Waals surface area contributed by atoms with Crippen LogP contribution >= 0.6 is 11.6 Å². The molecule has 1 aliphatic rings. The van der Waals surface area contributed by atoms with Crippen LogP contribution in [0.15, 0.2) is 66.2 Å².